The van der Waals surface area contributed by atoms with Gasteiger partial charge in [-0.15, -0.1) is 0 Å². The summed E-state index contributed by atoms with van der Waals surface area (Å²) in [6.07, 6.45) is -0.172. The lowest BCUT2D eigenvalue weighted by Gasteiger charge is -2.28. The summed E-state index contributed by atoms with van der Waals surface area (Å²) in [6.45, 7) is 2.58. The summed E-state index contributed by atoms with van der Waals surface area (Å²) in [6, 6.07) is 29.7. The largest absolute Gasteiger partial charge is 0.494 e. The van der Waals surface area contributed by atoms with Gasteiger partial charge in [-0.1, -0.05) is 55.5 Å². The van der Waals surface area contributed by atoms with E-state index in [2.05, 4.69) is 0 Å². The summed E-state index contributed by atoms with van der Waals surface area (Å²) in [4.78, 5) is 34.9. The van der Waals surface area contributed by atoms with Crippen molar-refractivity contribution in [3.05, 3.63) is 115 Å². The molecule has 2 heterocycles. The molecular weight excluding hydrogens is 556 g/mol. The number of carbonyl (C=O) groups is 2. The van der Waals surface area contributed by atoms with Crippen LogP contribution in [0.4, 0.5) is 11.4 Å². The number of anilines is 2. The van der Waals surface area contributed by atoms with Crippen LogP contribution in [-0.2, 0) is 24.5 Å². The Balaban J connectivity index is 1.30. The number of para-hydroxylation sites is 1. The molecule has 10 heteroatoms. The lowest BCUT2D eigenvalue weighted by molar-refractivity contribution is -0.126. The van der Waals surface area contributed by atoms with E-state index in [0.29, 0.717) is 29.3 Å². The first-order chi connectivity index (χ1) is 20.4. The Morgan fingerprint density at radius 1 is 0.738 bits per heavy atom. The monoisotopic (exact) mass is 584 g/mol. The molecular formula is C32H28N2O7S. The number of ether oxygens (including phenoxy) is 1. The lowest BCUT2D eigenvalue weighted by Crippen LogP contribution is -2.37. The van der Waals surface area contributed by atoms with Crippen molar-refractivity contribution in [1.29, 1.82) is 0 Å². The van der Waals surface area contributed by atoms with Gasteiger partial charge in [-0.3, -0.25) is 14.4 Å². The number of hydrogen-bond donors (Lipinski definition) is 0. The zero-order chi connectivity index (χ0) is 29.3. The molecule has 2 saturated heterocycles. The molecule has 0 radical (unpaired) electrons. The molecule has 0 spiro atoms. The maximum Gasteiger partial charge on any atom is 0.339 e. The second kappa shape index (κ2) is 11.3. The van der Waals surface area contributed by atoms with Gasteiger partial charge in [0.25, 0.3) is 5.91 Å². The van der Waals surface area contributed by atoms with Crippen LogP contribution in [-0.4, -0.2) is 32.9 Å². The Morgan fingerprint density at radius 2 is 1.36 bits per heavy atom. The highest BCUT2D eigenvalue weighted by molar-refractivity contribution is 7.87. The number of imide groups is 1. The predicted octanol–water partition coefficient (Wildman–Crippen LogP) is 5.29. The van der Waals surface area contributed by atoms with Gasteiger partial charge >= 0.3 is 10.1 Å². The predicted molar refractivity (Wildman–Crippen MR) is 155 cm³/mol. The molecule has 4 aromatic rings. The first-order valence-electron chi connectivity index (χ1n) is 13.6. The summed E-state index contributed by atoms with van der Waals surface area (Å²) in [5.41, 5.74) is 1.77. The second-order valence-corrected chi connectivity index (χ2v) is 11.5. The number of nitrogens with zero attached hydrogens (tertiary/aromatic N) is 2. The molecule has 2 aliphatic heterocycles. The number of rotatable bonds is 9. The highest BCUT2D eigenvalue weighted by Gasteiger charge is 2.60. The molecule has 9 nitrogen and oxygen atoms in total. The highest BCUT2D eigenvalue weighted by atomic mass is 32.2. The van der Waals surface area contributed by atoms with Gasteiger partial charge in [-0.05, 0) is 72.6 Å². The highest BCUT2D eigenvalue weighted by Crippen LogP contribution is 2.47. The van der Waals surface area contributed by atoms with E-state index in [1.54, 1.807) is 59.7 Å². The van der Waals surface area contributed by atoms with Crippen LogP contribution >= 0.6 is 0 Å². The van der Waals surface area contributed by atoms with Crippen LogP contribution in [0.3, 0.4) is 0 Å². The number of carbonyl (C=O) groups excluding carboxylic acids is 2. The standard InChI is InChI=1S/C32H28N2O7S/c1-2-21-39-25-19-15-23(16-20-25)33-31(35)28-29(34(40-30(28)32(33)36)24-9-5-3-6-10-24)22-13-17-26(18-14-22)41-42(37,38)27-11-7-4-8-12-27/h3-20,28-30H,2,21H2,1H3/t28-,29-,30-/m0/s1. The first kappa shape index (κ1) is 27.5. The summed E-state index contributed by atoms with van der Waals surface area (Å²) in [7, 11) is -4.03. The van der Waals surface area contributed by atoms with Gasteiger partial charge in [0.15, 0.2) is 6.10 Å². The molecule has 0 unspecified atom stereocenters. The maximum atomic E-state index is 13.9. The fourth-order valence-corrected chi connectivity index (χ4v) is 6.15. The third-order valence-electron chi connectivity index (χ3n) is 7.15. The van der Waals surface area contributed by atoms with Crippen LogP contribution < -0.4 is 18.9 Å². The number of fused-ring (bicyclic) bond motifs is 1. The third kappa shape index (κ3) is 5.10. The van der Waals surface area contributed by atoms with Crippen molar-refractivity contribution < 1.29 is 31.8 Å². The Kier molecular flexibility index (Phi) is 7.40. The quantitative estimate of drug-likeness (QED) is 0.193. The molecule has 0 aromatic heterocycles. The Labute approximate surface area is 243 Å². The number of amides is 2. The Hall–Kier alpha value is -4.67. The van der Waals surface area contributed by atoms with E-state index in [9.17, 15) is 18.0 Å². The van der Waals surface area contributed by atoms with Crippen molar-refractivity contribution in [1.82, 2.24) is 0 Å². The van der Waals surface area contributed by atoms with Gasteiger partial charge in [0.05, 0.1) is 24.0 Å². The lowest BCUT2D eigenvalue weighted by atomic mass is 9.90. The molecule has 2 aliphatic rings. The minimum atomic E-state index is -4.03. The van der Waals surface area contributed by atoms with E-state index in [-0.39, 0.29) is 16.6 Å². The van der Waals surface area contributed by atoms with E-state index in [0.717, 1.165) is 11.3 Å². The molecule has 0 N–H and O–H groups in total. The minimum Gasteiger partial charge on any atom is -0.494 e. The molecule has 0 aliphatic carbocycles. The maximum absolute atomic E-state index is 13.9. The van der Waals surface area contributed by atoms with Gasteiger partial charge in [0.1, 0.15) is 22.3 Å². The van der Waals surface area contributed by atoms with Crippen molar-refractivity contribution in [3.8, 4) is 11.5 Å². The van der Waals surface area contributed by atoms with E-state index < -0.39 is 34.1 Å². The zero-order valence-corrected chi connectivity index (χ0v) is 23.5. The average molecular weight is 585 g/mol. The van der Waals surface area contributed by atoms with Crippen molar-refractivity contribution in [2.24, 2.45) is 5.92 Å². The van der Waals surface area contributed by atoms with E-state index in [4.69, 9.17) is 13.8 Å². The smallest absolute Gasteiger partial charge is 0.339 e. The fourth-order valence-electron chi connectivity index (χ4n) is 5.20. The van der Waals surface area contributed by atoms with Crippen LogP contribution in [0.2, 0.25) is 0 Å². The van der Waals surface area contributed by atoms with Crippen LogP contribution in [0, 0.1) is 5.92 Å². The molecule has 0 saturated carbocycles. The Morgan fingerprint density at radius 3 is 2.00 bits per heavy atom. The summed E-state index contributed by atoms with van der Waals surface area (Å²) >= 11 is 0. The van der Waals surface area contributed by atoms with Crippen molar-refractivity contribution in [3.63, 3.8) is 0 Å². The molecule has 3 atom stereocenters. The van der Waals surface area contributed by atoms with Gasteiger partial charge in [0.2, 0.25) is 5.91 Å². The second-order valence-electron chi connectivity index (χ2n) is 9.93. The van der Waals surface area contributed by atoms with Gasteiger partial charge in [0, 0.05) is 0 Å². The van der Waals surface area contributed by atoms with Crippen LogP contribution in [0.5, 0.6) is 11.5 Å². The fraction of sp³-hybridized carbons (Fsp3) is 0.188. The molecule has 4 aromatic carbocycles. The third-order valence-corrected chi connectivity index (χ3v) is 8.41. The molecule has 2 amide bonds. The topological polar surface area (TPSA) is 102 Å². The van der Waals surface area contributed by atoms with E-state index in [1.807, 2.05) is 37.3 Å². The van der Waals surface area contributed by atoms with Crippen molar-refractivity contribution in [2.75, 3.05) is 16.6 Å². The summed E-state index contributed by atoms with van der Waals surface area (Å²) in [5, 5.41) is 1.58. The van der Waals surface area contributed by atoms with E-state index >= 15 is 0 Å². The molecule has 214 valence electrons. The van der Waals surface area contributed by atoms with Crippen LogP contribution in [0.15, 0.2) is 114 Å². The normalized spacial score (nSPS) is 20.1. The van der Waals surface area contributed by atoms with Crippen molar-refractivity contribution in [2.45, 2.75) is 30.4 Å². The van der Waals surface area contributed by atoms with Crippen LogP contribution in [0.1, 0.15) is 24.9 Å². The van der Waals surface area contributed by atoms with Gasteiger partial charge in [-0.2, -0.15) is 8.42 Å². The first-order valence-corrected chi connectivity index (χ1v) is 15.0. The van der Waals surface area contributed by atoms with Crippen molar-refractivity contribution >= 4 is 33.3 Å². The van der Waals surface area contributed by atoms with Gasteiger partial charge in [-0.25, -0.2) is 9.96 Å². The molecule has 42 heavy (non-hydrogen) atoms. The number of benzene rings is 4. The number of hydroxylamine groups is 1. The van der Waals surface area contributed by atoms with Gasteiger partial charge < -0.3 is 8.92 Å². The van der Waals surface area contributed by atoms with Crippen LogP contribution in [0.25, 0.3) is 0 Å². The molecule has 0 bridgehead atoms. The zero-order valence-electron chi connectivity index (χ0n) is 22.7. The average Bonchev–Trinajstić information content (AvgIpc) is 3.53. The molecule has 2 fully saturated rings. The number of hydrogen-bond acceptors (Lipinski definition) is 8. The van der Waals surface area contributed by atoms with E-state index in [1.165, 1.54) is 24.3 Å². The SMILES string of the molecule is CCCOc1ccc(N2C(=O)[C@@H]3[C@H](ON(c4ccccc4)[C@H]3c3ccc(OS(=O)(=O)c4ccccc4)cc3)C2=O)cc1. The Bertz CT molecular complexity index is 1680. The minimum absolute atomic E-state index is 0.0384. The molecule has 6 rings (SSSR count). The summed E-state index contributed by atoms with van der Waals surface area (Å²) in [5.74, 6) is -0.910. The summed E-state index contributed by atoms with van der Waals surface area (Å²) < 4.78 is 36.4.